The minimum Gasteiger partial charge on any atom is -0.376 e. The Bertz CT molecular complexity index is 1220. The summed E-state index contributed by atoms with van der Waals surface area (Å²) in [6.07, 6.45) is 5.10. The van der Waals surface area contributed by atoms with Gasteiger partial charge in [0.25, 0.3) is 0 Å². The molecule has 188 valence electrons. The van der Waals surface area contributed by atoms with Crippen LogP contribution < -0.4 is 5.32 Å². The van der Waals surface area contributed by atoms with Gasteiger partial charge < -0.3 is 10.1 Å². The van der Waals surface area contributed by atoms with Crippen LogP contribution in [-0.4, -0.2) is 12.5 Å². The van der Waals surface area contributed by atoms with Crippen LogP contribution in [0.4, 0.5) is 0 Å². The van der Waals surface area contributed by atoms with Crippen LogP contribution in [0.5, 0.6) is 0 Å². The van der Waals surface area contributed by atoms with Crippen LogP contribution in [0.25, 0.3) is 0 Å². The summed E-state index contributed by atoms with van der Waals surface area (Å²) < 4.78 is 5.87. The van der Waals surface area contributed by atoms with Gasteiger partial charge in [-0.25, -0.2) is 0 Å². The van der Waals surface area contributed by atoms with Crippen molar-refractivity contribution in [1.29, 1.82) is 0 Å². The fraction of sp³-hybridized carbons (Fsp3) is 0.206. The van der Waals surface area contributed by atoms with Gasteiger partial charge in [-0.15, -0.1) is 0 Å². The smallest absolute Gasteiger partial charge is 0.228 e. The van der Waals surface area contributed by atoms with Crippen molar-refractivity contribution in [3.63, 3.8) is 0 Å². The molecule has 0 aromatic heterocycles. The van der Waals surface area contributed by atoms with Gasteiger partial charge in [0, 0.05) is 5.92 Å². The fourth-order valence-corrected chi connectivity index (χ4v) is 4.56. The maximum atomic E-state index is 13.9. The quantitative estimate of drug-likeness (QED) is 0.164. The van der Waals surface area contributed by atoms with E-state index in [1.807, 2.05) is 104 Å². The first-order valence-corrected chi connectivity index (χ1v) is 13.0. The molecular weight excluding hydrogens is 454 g/mol. The van der Waals surface area contributed by atoms with Gasteiger partial charge in [-0.2, -0.15) is 0 Å². The molecular formula is C34H35NO2. The number of hydrogen-bond acceptors (Lipinski definition) is 2. The number of benzene rings is 4. The predicted octanol–water partition coefficient (Wildman–Crippen LogP) is 7.59. The van der Waals surface area contributed by atoms with Crippen molar-refractivity contribution in [2.24, 2.45) is 0 Å². The number of carbonyl (C=O) groups is 1. The van der Waals surface area contributed by atoms with Crippen molar-refractivity contribution >= 4 is 5.91 Å². The Hall–Kier alpha value is -3.95. The molecule has 0 aliphatic heterocycles. The first-order chi connectivity index (χ1) is 18.2. The number of nitrogens with one attached hydrogen (secondary N) is 1. The summed E-state index contributed by atoms with van der Waals surface area (Å²) in [7, 11) is 0. The van der Waals surface area contributed by atoms with Gasteiger partial charge in [-0.3, -0.25) is 4.79 Å². The molecule has 0 heterocycles. The molecule has 0 radical (unpaired) electrons. The van der Waals surface area contributed by atoms with Crippen molar-refractivity contribution in [2.75, 3.05) is 6.61 Å². The van der Waals surface area contributed by atoms with Crippen molar-refractivity contribution in [3.05, 3.63) is 156 Å². The van der Waals surface area contributed by atoms with Crippen molar-refractivity contribution in [2.45, 2.75) is 37.8 Å². The summed E-state index contributed by atoms with van der Waals surface area (Å²) in [6, 6.07) is 40.6. The number of carbonyl (C=O) groups excluding carboxylic acids is 1. The van der Waals surface area contributed by atoms with Crippen LogP contribution in [0.1, 0.15) is 53.5 Å². The highest BCUT2D eigenvalue weighted by Gasteiger charge is 2.30. The molecule has 0 saturated carbocycles. The lowest BCUT2D eigenvalue weighted by atomic mass is 9.80. The number of allylic oxidation sites excluding steroid dienone is 1. The molecule has 0 bridgehead atoms. The maximum Gasteiger partial charge on any atom is 0.228 e. The number of ether oxygens (including phenoxy) is 1. The van der Waals surface area contributed by atoms with E-state index in [9.17, 15) is 4.79 Å². The molecule has 37 heavy (non-hydrogen) atoms. The molecule has 3 heteroatoms. The van der Waals surface area contributed by atoms with Gasteiger partial charge in [0.05, 0.1) is 25.2 Å². The van der Waals surface area contributed by atoms with Gasteiger partial charge in [0.15, 0.2) is 0 Å². The zero-order valence-corrected chi connectivity index (χ0v) is 21.4. The molecule has 0 fully saturated rings. The Morgan fingerprint density at radius 3 is 1.84 bits per heavy atom. The zero-order chi connectivity index (χ0) is 25.7. The Morgan fingerprint density at radius 2 is 1.24 bits per heavy atom. The van der Waals surface area contributed by atoms with Gasteiger partial charge in [-0.1, -0.05) is 133 Å². The van der Waals surface area contributed by atoms with Crippen LogP contribution >= 0.6 is 0 Å². The summed E-state index contributed by atoms with van der Waals surface area (Å²) in [5, 5.41) is 3.28. The summed E-state index contributed by atoms with van der Waals surface area (Å²) in [6.45, 7) is 3.26. The monoisotopic (exact) mass is 489 g/mol. The molecule has 0 unspecified atom stereocenters. The highest BCUT2D eigenvalue weighted by molar-refractivity contribution is 5.85. The molecule has 3 atom stereocenters. The summed E-state index contributed by atoms with van der Waals surface area (Å²) in [4.78, 5) is 13.9. The molecule has 0 aliphatic rings. The summed E-state index contributed by atoms with van der Waals surface area (Å²) in [5.74, 6) is -0.460. The van der Waals surface area contributed by atoms with E-state index in [1.54, 1.807) is 0 Å². The standard InChI is InChI=1S/C34H35NO2/c1-27(29-18-8-3-9-19-29)35-34(36)33(31-22-12-5-13-23-31)32(30-20-10-4-11-21-30)24-14-15-25-37-26-28-16-6-2-7-17-28/h2-14,16-24,27,32-33H,15,25-26H2,1H3,(H,35,36)/b24-14+/t27-,32+,33+/m1/s1. The van der Waals surface area contributed by atoms with Crippen molar-refractivity contribution < 1.29 is 9.53 Å². The number of amides is 1. The lowest BCUT2D eigenvalue weighted by molar-refractivity contribution is -0.123. The first kappa shape index (κ1) is 26.1. The first-order valence-electron chi connectivity index (χ1n) is 13.0. The normalized spacial score (nSPS) is 13.6. The molecule has 4 rings (SSSR count). The molecule has 4 aromatic rings. The van der Waals surface area contributed by atoms with E-state index in [-0.39, 0.29) is 23.8 Å². The minimum atomic E-state index is -0.365. The molecule has 3 nitrogen and oxygen atoms in total. The summed E-state index contributed by atoms with van der Waals surface area (Å²) >= 11 is 0. The second kappa shape index (κ2) is 14.0. The van der Waals surface area contributed by atoms with Crippen molar-refractivity contribution in [1.82, 2.24) is 5.32 Å². The van der Waals surface area contributed by atoms with Crippen LogP contribution in [0.15, 0.2) is 133 Å². The largest absolute Gasteiger partial charge is 0.376 e. The highest BCUT2D eigenvalue weighted by Crippen LogP contribution is 2.35. The average molecular weight is 490 g/mol. The Morgan fingerprint density at radius 1 is 0.730 bits per heavy atom. The highest BCUT2D eigenvalue weighted by atomic mass is 16.5. The third-order valence-corrected chi connectivity index (χ3v) is 6.53. The Labute approximate surface area is 220 Å². The van der Waals surface area contributed by atoms with Gasteiger partial charge in [0.1, 0.15) is 0 Å². The van der Waals surface area contributed by atoms with E-state index in [4.69, 9.17) is 4.74 Å². The van der Waals surface area contributed by atoms with E-state index in [0.29, 0.717) is 13.2 Å². The lowest BCUT2D eigenvalue weighted by Gasteiger charge is -2.27. The van der Waals surface area contributed by atoms with Crippen LogP contribution in [0.2, 0.25) is 0 Å². The Kier molecular flexibility index (Phi) is 9.85. The SMILES string of the molecule is C[C@@H](NC(=O)[C@@H](c1ccccc1)[C@@H](/C=C/CCOCc1ccccc1)c1ccccc1)c1ccccc1. The molecule has 1 amide bonds. The molecule has 1 N–H and O–H groups in total. The van der Waals surface area contributed by atoms with Gasteiger partial charge in [-0.05, 0) is 35.6 Å². The lowest BCUT2D eigenvalue weighted by Crippen LogP contribution is -2.34. The third-order valence-electron chi connectivity index (χ3n) is 6.53. The average Bonchev–Trinajstić information content (AvgIpc) is 2.96. The summed E-state index contributed by atoms with van der Waals surface area (Å²) in [5.41, 5.74) is 4.37. The maximum absolute atomic E-state index is 13.9. The number of hydrogen-bond donors (Lipinski definition) is 1. The topological polar surface area (TPSA) is 38.3 Å². The third kappa shape index (κ3) is 7.77. The molecule has 0 spiro atoms. The second-order valence-corrected chi connectivity index (χ2v) is 9.22. The van der Waals surface area contributed by atoms with Crippen LogP contribution in [0, 0.1) is 0 Å². The predicted molar refractivity (Wildman–Crippen MR) is 151 cm³/mol. The van der Waals surface area contributed by atoms with E-state index in [0.717, 1.165) is 23.1 Å². The second-order valence-electron chi connectivity index (χ2n) is 9.22. The molecule has 0 aliphatic carbocycles. The van der Waals surface area contributed by atoms with Crippen molar-refractivity contribution in [3.8, 4) is 0 Å². The van der Waals surface area contributed by atoms with Crippen LogP contribution in [-0.2, 0) is 16.1 Å². The molecule has 0 saturated heterocycles. The van der Waals surface area contributed by atoms with Gasteiger partial charge >= 0.3 is 0 Å². The number of rotatable bonds is 12. The minimum absolute atomic E-state index is 0.0152. The van der Waals surface area contributed by atoms with Gasteiger partial charge in [0.2, 0.25) is 5.91 Å². The molecule has 4 aromatic carbocycles. The van der Waals surface area contributed by atoms with E-state index in [1.165, 1.54) is 5.56 Å². The fourth-order valence-electron chi connectivity index (χ4n) is 4.56. The van der Waals surface area contributed by atoms with E-state index >= 15 is 0 Å². The zero-order valence-electron chi connectivity index (χ0n) is 21.4. The van der Waals surface area contributed by atoms with Crippen LogP contribution in [0.3, 0.4) is 0 Å². The Balaban J connectivity index is 1.53. The van der Waals surface area contributed by atoms with E-state index in [2.05, 4.69) is 41.7 Å². The van der Waals surface area contributed by atoms with E-state index < -0.39 is 0 Å².